The van der Waals surface area contributed by atoms with Gasteiger partial charge in [-0.05, 0) is 129 Å². The molecule has 2 fully saturated rings. The van der Waals surface area contributed by atoms with Gasteiger partial charge in [0.15, 0.2) is 0 Å². The Morgan fingerprint density at radius 2 is 1.60 bits per heavy atom. The molecule has 3 nitrogen and oxygen atoms in total. The molecule has 2 aliphatic rings. The number of nitriles is 1. The van der Waals surface area contributed by atoms with Crippen LogP contribution in [0.1, 0.15) is 110 Å². The van der Waals surface area contributed by atoms with Crippen LogP contribution in [0.4, 0.5) is 0 Å². The van der Waals surface area contributed by atoms with Crippen LogP contribution in [0.3, 0.4) is 0 Å². The van der Waals surface area contributed by atoms with Gasteiger partial charge in [0.05, 0.1) is 11.5 Å². The first kappa shape index (κ1) is 25.9. The Morgan fingerprint density at radius 3 is 2.20 bits per heavy atom. The third kappa shape index (κ3) is 5.50. The monoisotopic (exact) mass is 471 g/mol. The predicted molar refractivity (Wildman–Crippen MR) is 147 cm³/mol. The van der Waals surface area contributed by atoms with Crippen LogP contribution in [0.25, 0.3) is 0 Å². The molecule has 3 heteroatoms. The van der Waals surface area contributed by atoms with E-state index in [1.807, 2.05) is 0 Å². The van der Waals surface area contributed by atoms with Crippen LogP contribution < -0.4 is 5.32 Å². The van der Waals surface area contributed by atoms with Gasteiger partial charge in [-0.25, -0.2) is 0 Å². The summed E-state index contributed by atoms with van der Waals surface area (Å²) in [5, 5.41) is 14.0. The fourth-order valence-corrected chi connectivity index (χ4v) is 6.31. The first-order valence-corrected chi connectivity index (χ1v) is 13.8. The summed E-state index contributed by atoms with van der Waals surface area (Å²) in [6.07, 6.45) is 5.18. The van der Waals surface area contributed by atoms with Crippen molar-refractivity contribution in [3.63, 3.8) is 0 Å². The second kappa shape index (κ2) is 10.9. The Hall–Kier alpha value is -2.15. The number of rotatable bonds is 6. The van der Waals surface area contributed by atoms with E-state index in [1.54, 1.807) is 5.56 Å². The minimum Gasteiger partial charge on any atom is -0.317 e. The summed E-state index contributed by atoms with van der Waals surface area (Å²) in [7, 11) is 2.18. The van der Waals surface area contributed by atoms with Crippen LogP contribution >= 0.6 is 0 Å². The summed E-state index contributed by atoms with van der Waals surface area (Å²) >= 11 is 0. The molecule has 2 aromatic carbocycles. The molecule has 0 amide bonds. The molecule has 2 aromatic rings. The van der Waals surface area contributed by atoms with Crippen LogP contribution in [-0.2, 0) is 11.8 Å². The molecule has 188 valence electrons. The van der Waals surface area contributed by atoms with E-state index < -0.39 is 0 Å². The number of nitrogens with zero attached hydrogens (tertiary/aromatic N) is 2. The maximum Gasteiger partial charge on any atom is 0.0849 e. The average Bonchev–Trinajstić information content (AvgIpc) is 2.85. The predicted octanol–water partition coefficient (Wildman–Crippen LogP) is 6.79. The Bertz CT molecular complexity index is 1060. The summed E-state index contributed by atoms with van der Waals surface area (Å²) < 4.78 is 0. The first-order chi connectivity index (χ1) is 16.7. The van der Waals surface area contributed by atoms with Crippen molar-refractivity contribution < 1.29 is 0 Å². The molecule has 1 N–H and O–H groups in total. The van der Waals surface area contributed by atoms with Crippen molar-refractivity contribution in [1.82, 2.24) is 10.2 Å². The van der Waals surface area contributed by atoms with Gasteiger partial charge in [-0.2, -0.15) is 5.26 Å². The van der Waals surface area contributed by atoms with Crippen LogP contribution in [0.5, 0.6) is 0 Å². The largest absolute Gasteiger partial charge is 0.317 e. The highest BCUT2D eigenvalue weighted by molar-refractivity contribution is 5.49. The zero-order valence-corrected chi connectivity index (χ0v) is 22.9. The Labute approximate surface area is 213 Å². The maximum absolute atomic E-state index is 10.5. The molecular formula is C32H45N3. The van der Waals surface area contributed by atoms with Gasteiger partial charge in [-0.15, -0.1) is 0 Å². The lowest BCUT2D eigenvalue weighted by molar-refractivity contribution is 0.221. The number of likely N-dealkylation sites (tertiary alicyclic amines) is 1. The molecule has 0 radical (unpaired) electrons. The molecule has 2 aliphatic heterocycles. The van der Waals surface area contributed by atoms with Crippen LogP contribution in [0, 0.1) is 18.3 Å². The van der Waals surface area contributed by atoms with E-state index in [9.17, 15) is 5.26 Å². The van der Waals surface area contributed by atoms with Gasteiger partial charge in [0, 0.05) is 0 Å². The van der Waals surface area contributed by atoms with Gasteiger partial charge in [0.25, 0.3) is 0 Å². The van der Waals surface area contributed by atoms with E-state index in [-0.39, 0.29) is 5.41 Å². The smallest absolute Gasteiger partial charge is 0.0849 e. The van der Waals surface area contributed by atoms with Crippen LogP contribution in [-0.4, -0.2) is 38.1 Å². The Balaban J connectivity index is 1.84. The number of aryl methyl sites for hydroxylation is 1. The minimum atomic E-state index is -0.378. The third-order valence-electron chi connectivity index (χ3n) is 8.66. The second-order valence-electron chi connectivity index (χ2n) is 11.8. The number of benzene rings is 2. The molecule has 0 aliphatic carbocycles. The van der Waals surface area contributed by atoms with Gasteiger partial charge in [-0.3, -0.25) is 0 Å². The van der Waals surface area contributed by atoms with Gasteiger partial charge >= 0.3 is 0 Å². The summed E-state index contributed by atoms with van der Waals surface area (Å²) in [6, 6.07) is 14.8. The molecule has 35 heavy (non-hydrogen) atoms. The quantitative estimate of drug-likeness (QED) is 0.504. The van der Waals surface area contributed by atoms with E-state index in [4.69, 9.17) is 0 Å². The summed E-state index contributed by atoms with van der Waals surface area (Å²) in [6.45, 7) is 15.7. The number of hydrogen-bond donors (Lipinski definition) is 1. The number of piperidine rings is 2. The lowest BCUT2D eigenvalue weighted by Gasteiger charge is -2.37. The highest BCUT2D eigenvalue weighted by atomic mass is 15.1. The van der Waals surface area contributed by atoms with Gasteiger partial charge in [0.2, 0.25) is 0 Å². The molecule has 0 aromatic heterocycles. The van der Waals surface area contributed by atoms with Crippen molar-refractivity contribution in [2.45, 2.75) is 89.9 Å². The fraction of sp³-hybridized carbons (Fsp3) is 0.594. The van der Waals surface area contributed by atoms with Gasteiger partial charge in [-0.1, -0.05) is 58.0 Å². The Morgan fingerprint density at radius 1 is 0.971 bits per heavy atom. The van der Waals surface area contributed by atoms with E-state index in [0.717, 1.165) is 45.4 Å². The van der Waals surface area contributed by atoms with Gasteiger partial charge in [0.1, 0.15) is 0 Å². The molecule has 4 rings (SSSR count). The third-order valence-corrected chi connectivity index (χ3v) is 8.66. The second-order valence-corrected chi connectivity index (χ2v) is 11.8. The highest BCUT2D eigenvalue weighted by Gasteiger charge is 2.37. The molecule has 0 bridgehead atoms. The van der Waals surface area contributed by atoms with E-state index in [2.05, 4.69) is 88.3 Å². The molecular weight excluding hydrogens is 426 g/mol. The summed E-state index contributed by atoms with van der Waals surface area (Å²) in [5.74, 6) is 1.61. The first-order valence-electron chi connectivity index (χ1n) is 13.8. The van der Waals surface area contributed by atoms with Crippen LogP contribution in [0.2, 0.25) is 0 Å². The summed E-state index contributed by atoms with van der Waals surface area (Å²) in [5.41, 5.74) is 9.61. The van der Waals surface area contributed by atoms with E-state index >= 15 is 0 Å². The molecule has 0 saturated carbocycles. The SMILES string of the molecule is Cc1cc(C(C)C)cc(Cc2cc(C(C)C)ccc2C2(C#N)CCN(C)CC2)c1C1CCNCC1. The molecule has 2 heterocycles. The van der Waals surface area contributed by atoms with Crippen LogP contribution in [0.15, 0.2) is 30.3 Å². The van der Waals surface area contributed by atoms with Crippen molar-refractivity contribution in [3.05, 3.63) is 69.3 Å². The Kier molecular flexibility index (Phi) is 8.04. The molecule has 0 atom stereocenters. The lowest BCUT2D eigenvalue weighted by Crippen LogP contribution is -2.40. The van der Waals surface area contributed by atoms with Gasteiger partial charge < -0.3 is 10.2 Å². The van der Waals surface area contributed by atoms with Crippen molar-refractivity contribution in [1.29, 1.82) is 5.26 Å². The topological polar surface area (TPSA) is 39.1 Å². The fourth-order valence-electron chi connectivity index (χ4n) is 6.31. The van der Waals surface area contributed by atoms with Crippen molar-refractivity contribution >= 4 is 0 Å². The van der Waals surface area contributed by atoms with E-state index in [0.29, 0.717) is 17.8 Å². The number of hydrogen-bond acceptors (Lipinski definition) is 3. The normalized spacial score (nSPS) is 19.3. The standard InChI is InChI=1S/C32H45N3/c1-22(2)26-7-8-30(32(21-33)11-15-35(6)16-12-32)28(18-26)20-29-19-27(23(3)4)17-24(5)31(29)25-9-13-34-14-10-25/h7-8,17-19,22-23,25,34H,9-16,20H2,1-6H3. The van der Waals surface area contributed by atoms with Crippen molar-refractivity contribution in [3.8, 4) is 6.07 Å². The maximum atomic E-state index is 10.5. The van der Waals surface area contributed by atoms with Crippen molar-refractivity contribution in [2.75, 3.05) is 33.2 Å². The molecule has 2 saturated heterocycles. The summed E-state index contributed by atoms with van der Waals surface area (Å²) in [4.78, 5) is 2.36. The zero-order valence-electron chi connectivity index (χ0n) is 22.9. The molecule has 0 unspecified atom stereocenters. The van der Waals surface area contributed by atoms with Crippen molar-refractivity contribution in [2.24, 2.45) is 0 Å². The minimum absolute atomic E-state index is 0.378. The lowest BCUT2D eigenvalue weighted by atomic mass is 9.70. The zero-order chi connectivity index (χ0) is 25.2. The average molecular weight is 472 g/mol. The molecule has 0 spiro atoms. The highest BCUT2D eigenvalue weighted by Crippen LogP contribution is 2.40. The number of nitrogens with one attached hydrogen (secondary N) is 1. The van der Waals surface area contributed by atoms with E-state index in [1.165, 1.54) is 46.2 Å².